The number of amides is 2. The van der Waals surface area contributed by atoms with Crippen molar-refractivity contribution in [3.63, 3.8) is 0 Å². The van der Waals surface area contributed by atoms with Gasteiger partial charge in [-0.3, -0.25) is 4.79 Å². The van der Waals surface area contributed by atoms with Crippen LogP contribution >= 0.6 is 0 Å². The number of aliphatic carboxylic acids is 1. The van der Waals surface area contributed by atoms with E-state index in [4.69, 9.17) is 0 Å². The molecule has 0 rings (SSSR count). The zero-order valence-corrected chi connectivity index (χ0v) is 13.3. The lowest BCUT2D eigenvalue weighted by atomic mass is 9.74. The molecule has 0 heterocycles. The molecule has 0 saturated heterocycles. The van der Waals surface area contributed by atoms with E-state index in [0.717, 1.165) is 0 Å². The topological polar surface area (TPSA) is 78.4 Å². The van der Waals surface area contributed by atoms with Gasteiger partial charge in [-0.25, -0.2) is 4.79 Å². The maximum Gasteiger partial charge on any atom is 0.315 e. The normalized spacial score (nSPS) is 14.7. The van der Waals surface area contributed by atoms with E-state index in [-0.39, 0.29) is 17.5 Å². The van der Waals surface area contributed by atoms with Crippen LogP contribution in [0.3, 0.4) is 0 Å². The first-order valence-electron chi connectivity index (χ1n) is 6.54. The number of carboxylic acid groups (broad SMARTS) is 1. The summed E-state index contributed by atoms with van der Waals surface area (Å²) in [5, 5.41) is 14.8. The number of urea groups is 1. The second-order valence-electron chi connectivity index (χ2n) is 7.24. The van der Waals surface area contributed by atoms with Crippen molar-refractivity contribution < 1.29 is 14.7 Å². The van der Waals surface area contributed by atoms with Gasteiger partial charge in [-0.1, -0.05) is 20.8 Å². The highest BCUT2D eigenvalue weighted by Gasteiger charge is 2.44. The summed E-state index contributed by atoms with van der Waals surface area (Å²) in [6.45, 7) is 14.6. The first kappa shape index (κ1) is 17.7. The van der Waals surface area contributed by atoms with Crippen molar-refractivity contribution in [3.05, 3.63) is 0 Å². The molecule has 2 amide bonds. The Morgan fingerprint density at radius 1 is 1.00 bits per heavy atom. The summed E-state index contributed by atoms with van der Waals surface area (Å²) < 4.78 is 0. The number of carboxylic acids is 1. The number of hydrogen-bond acceptors (Lipinski definition) is 2. The molecule has 0 aliphatic rings. The van der Waals surface area contributed by atoms with E-state index in [1.165, 1.54) is 0 Å². The Labute approximate surface area is 116 Å². The lowest BCUT2D eigenvalue weighted by molar-refractivity contribution is -0.150. The van der Waals surface area contributed by atoms with Crippen LogP contribution in [0.25, 0.3) is 0 Å². The van der Waals surface area contributed by atoms with E-state index >= 15 is 0 Å². The van der Waals surface area contributed by atoms with Crippen molar-refractivity contribution in [2.45, 2.75) is 67.0 Å². The van der Waals surface area contributed by atoms with Gasteiger partial charge in [-0.05, 0) is 40.0 Å². The molecular weight excluding hydrogens is 244 g/mol. The molecule has 5 nitrogen and oxygen atoms in total. The summed E-state index contributed by atoms with van der Waals surface area (Å²) in [5.74, 6) is -0.943. The van der Waals surface area contributed by atoms with Crippen LogP contribution in [-0.4, -0.2) is 28.7 Å². The average molecular weight is 272 g/mol. The van der Waals surface area contributed by atoms with Crippen LogP contribution in [0.5, 0.6) is 0 Å². The van der Waals surface area contributed by atoms with Crippen molar-refractivity contribution in [1.82, 2.24) is 10.6 Å². The van der Waals surface area contributed by atoms with E-state index < -0.39 is 16.9 Å². The predicted octanol–water partition coefficient (Wildman–Crippen LogP) is 2.61. The van der Waals surface area contributed by atoms with Crippen molar-refractivity contribution in [2.24, 2.45) is 10.8 Å². The van der Waals surface area contributed by atoms with Gasteiger partial charge < -0.3 is 15.7 Å². The van der Waals surface area contributed by atoms with E-state index in [1.54, 1.807) is 27.7 Å². The molecule has 0 aliphatic carbocycles. The van der Waals surface area contributed by atoms with Crippen LogP contribution in [-0.2, 0) is 4.79 Å². The van der Waals surface area contributed by atoms with Crippen molar-refractivity contribution in [2.75, 3.05) is 0 Å². The largest absolute Gasteiger partial charge is 0.481 e. The average Bonchev–Trinajstić information content (AvgIpc) is 2.13. The Kier molecular flexibility index (Phi) is 5.03. The third-order valence-corrected chi connectivity index (χ3v) is 4.17. The van der Waals surface area contributed by atoms with Gasteiger partial charge in [0, 0.05) is 6.04 Å². The summed E-state index contributed by atoms with van der Waals surface area (Å²) in [5.41, 5.74) is -1.97. The van der Waals surface area contributed by atoms with Gasteiger partial charge >= 0.3 is 12.0 Å². The number of nitrogens with one attached hydrogen (secondary N) is 2. The summed E-state index contributed by atoms with van der Waals surface area (Å²) >= 11 is 0. The van der Waals surface area contributed by atoms with Crippen LogP contribution in [0.2, 0.25) is 0 Å². The number of hydrogen-bond donors (Lipinski definition) is 3. The van der Waals surface area contributed by atoms with Crippen molar-refractivity contribution >= 4 is 12.0 Å². The third-order valence-electron chi connectivity index (χ3n) is 4.17. The van der Waals surface area contributed by atoms with Crippen LogP contribution in [0, 0.1) is 10.8 Å². The van der Waals surface area contributed by atoms with Gasteiger partial charge in [0.05, 0.1) is 11.0 Å². The van der Waals surface area contributed by atoms with Gasteiger partial charge in [-0.2, -0.15) is 0 Å². The molecule has 112 valence electrons. The summed E-state index contributed by atoms with van der Waals surface area (Å²) in [4.78, 5) is 23.2. The third kappa shape index (κ3) is 4.40. The molecular formula is C14H28N2O3. The fraction of sp³-hybridized carbons (Fsp3) is 0.857. The Balaban J connectivity index is 4.78. The maximum atomic E-state index is 12.0. The van der Waals surface area contributed by atoms with Crippen LogP contribution in [0.15, 0.2) is 0 Å². The maximum absolute atomic E-state index is 12.0. The zero-order valence-electron chi connectivity index (χ0n) is 13.3. The fourth-order valence-electron chi connectivity index (χ4n) is 1.16. The zero-order chi connectivity index (χ0) is 15.6. The molecule has 0 aromatic carbocycles. The smallest absolute Gasteiger partial charge is 0.315 e. The minimum Gasteiger partial charge on any atom is -0.481 e. The summed E-state index contributed by atoms with van der Waals surface area (Å²) in [6, 6.07) is -0.363. The first-order valence-corrected chi connectivity index (χ1v) is 6.54. The molecule has 0 saturated carbocycles. The Bertz CT molecular complexity index is 354. The lowest BCUT2D eigenvalue weighted by Crippen LogP contribution is -2.60. The van der Waals surface area contributed by atoms with E-state index in [1.807, 2.05) is 27.7 Å². The van der Waals surface area contributed by atoms with E-state index in [0.29, 0.717) is 0 Å². The molecule has 5 heteroatoms. The Morgan fingerprint density at radius 2 is 1.42 bits per heavy atom. The number of carbonyl (C=O) groups is 2. The molecule has 0 fully saturated rings. The molecule has 1 unspecified atom stereocenters. The standard InChI is InChI=1S/C14H28N2O3/c1-9(12(2,3)4)15-11(19)16-14(7,8)13(5,6)10(17)18/h9H,1-8H3,(H,17,18)(H2,15,16,19). The first-order chi connectivity index (χ1) is 8.22. The fourth-order valence-corrected chi connectivity index (χ4v) is 1.16. The van der Waals surface area contributed by atoms with E-state index in [2.05, 4.69) is 10.6 Å². The highest BCUT2D eigenvalue weighted by Crippen LogP contribution is 2.30. The summed E-state index contributed by atoms with van der Waals surface area (Å²) in [6.07, 6.45) is 0. The molecule has 19 heavy (non-hydrogen) atoms. The number of carbonyl (C=O) groups excluding carboxylic acids is 1. The van der Waals surface area contributed by atoms with Crippen LogP contribution in [0.4, 0.5) is 4.79 Å². The van der Waals surface area contributed by atoms with Crippen LogP contribution < -0.4 is 10.6 Å². The predicted molar refractivity (Wildman–Crippen MR) is 76.1 cm³/mol. The van der Waals surface area contributed by atoms with Gasteiger partial charge in [0.1, 0.15) is 0 Å². The monoisotopic (exact) mass is 272 g/mol. The second-order valence-corrected chi connectivity index (χ2v) is 7.24. The summed E-state index contributed by atoms with van der Waals surface area (Å²) in [7, 11) is 0. The molecule has 0 aliphatic heterocycles. The number of rotatable bonds is 4. The van der Waals surface area contributed by atoms with Gasteiger partial charge in [-0.15, -0.1) is 0 Å². The van der Waals surface area contributed by atoms with Gasteiger partial charge in [0.15, 0.2) is 0 Å². The molecule has 0 bridgehead atoms. The highest BCUT2D eigenvalue weighted by atomic mass is 16.4. The van der Waals surface area contributed by atoms with Gasteiger partial charge in [0.2, 0.25) is 0 Å². The quantitative estimate of drug-likeness (QED) is 0.736. The van der Waals surface area contributed by atoms with Gasteiger partial charge in [0.25, 0.3) is 0 Å². The SMILES string of the molecule is CC(NC(=O)NC(C)(C)C(C)(C)C(=O)O)C(C)(C)C. The molecule has 0 aromatic heterocycles. The minimum absolute atomic E-state index is 0.0174. The van der Waals surface area contributed by atoms with Crippen molar-refractivity contribution in [1.29, 1.82) is 0 Å². The second kappa shape index (κ2) is 5.39. The molecule has 0 radical (unpaired) electrons. The molecule has 3 N–H and O–H groups in total. The Morgan fingerprint density at radius 3 is 1.74 bits per heavy atom. The van der Waals surface area contributed by atoms with Crippen LogP contribution in [0.1, 0.15) is 55.4 Å². The van der Waals surface area contributed by atoms with E-state index in [9.17, 15) is 14.7 Å². The minimum atomic E-state index is -1.06. The highest BCUT2D eigenvalue weighted by molar-refractivity contribution is 5.79. The van der Waals surface area contributed by atoms with Crippen molar-refractivity contribution in [3.8, 4) is 0 Å². The lowest BCUT2D eigenvalue weighted by Gasteiger charge is -2.39. The molecule has 0 aromatic rings. The molecule has 0 spiro atoms. The molecule has 1 atom stereocenters. The Hall–Kier alpha value is -1.26.